The maximum Gasteiger partial charge on any atom is 0.233 e. The molecule has 0 spiro atoms. The van der Waals surface area contributed by atoms with Crippen LogP contribution in [-0.4, -0.2) is 41.1 Å². The normalized spacial score (nSPS) is 22.5. The number of hydrogen-bond donors (Lipinski definition) is 0. The number of imide groups is 1. The summed E-state index contributed by atoms with van der Waals surface area (Å²) in [4.78, 5) is 40.2. The molecule has 2 atom stereocenters. The van der Waals surface area contributed by atoms with E-state index in [0.717, 1.165) is 31.2 Å². The lowest BCUT2D eigenvalue weighted by Crippen LogP contribution is -2.36. The van der Waals surface area contributed by atoms with E-state index in [4.69, 9.17) is 23.2 Å². The molecular formula is C19H22Cl2N2O3. The van der Waals surface area contributed by atoms with Crippen LogP contribution >= 0.6 is 23.2 Å². The number of carbonyl (C=O) groups excluding carboxylic acids is 3. The molecule has 2 aliphatic rings. The first-order valence-electron chi connectivity index (χ1n) is 8.91. The number of benzene rings is 1. The van der Waals surface area contributed by atoms with E-state index in [2.05, 4.69) is 0 Å². The molecule has 0 N–H and O–H groups in total. The van der Waals surface area contributed by atoms with Gasteiger partial charge in [-0.1, -0.05) is 42.1 Å². The average molecular weight is 397 g/mol. The van der Waals surface area contributed by atoms with E-state index in [1.807, 2.05) is 6.07 Å². The van der Waals surface area contributed by atoms with Gasteiger partial charge in [0.25, 0.3) is 0 Å². The van der Waals surface area contributed by atoms with Crippen molar-refractivity contribution in [3.8, 4) is 0 Å². The molecule has 5 nitrogen and oxygen atoms in total. The Labute approximate surface area is 163 Å². The van der Waals surface area contributed by atoms with E-state index in [1.165, 1.54) is 4.90 Å². The molecule has 0 bridgehead atoms. The number of likely N-dealkylation sites (tertiary alicyclic amines) is 1. The fraction of sp³-hybridized carbons (Fsp3) is 0.526. The zero-order valence-electron chi connectivity index (χ0n) is 14.7. The molecule has 3 amide bonds. The summed E-state index contributed by atoms with van der Waals surface area (Å²) in [6.07, 6.45) is 3.71. The highest BCUT2D eigenvalue weighted by Gasteiger charge is 2.47. The highest BCUT2D eigenvalue weighted by molar-refractivity contribution is 6.42. The first-order chi connectivity index (χ1) is 12.4. The number of rotatable bonds is 5. The lowest BCUT2D eigenvalue weighted by molar-refractivity contribution is -0.140. The molecule has 0 radical (unpaired) electrons. The molecule has 1 saturated carbocycles. The Bertz CT molecular complexity index is 713. The van der Waals surface area contributed by atoms with E-state index in [0.29, 0.717) is 16.6 Å². The predicted octanol–water partition coefficient (Wildman–Crippen LogP) is 3.52. The van der Waals surface area contributed by atoms with Crippen molar-refractivity contribution in [3.05, 3.63) is 33.8 Å². The minimum atomic E-state index is -0.166. The van der Waals surface area contributed by atoms with Crippen LogP contribution in [0.4, 0.5) is 0 Å². The summed E-state index contributed by atoms with van der Waals surface area (Å²) in [7, 11) is 1.69. The Morgan fingerprint density at radius 2 is 1.73 bits per heavy atom. The monoisotopic (exact) mass is 396 g/mol. The van der Waals surface area contributed by atoms with Crippen LogP contribution in [0.5, 0.6) is 0 Å². The summed E-state index contributed by atoms with van der Waals surface area (Å²) < 4.78 is 0. The maximum atomic E-state index is 12.4. The molecule has 1 aromatic carbocycles. The third-order valence-corrected chi connectivity index (χ3v) is 6.05. The molecule has 0 aromatic heterocycles. The summed E-state index contributed by atoms with van der Waals surface area (Å²) in [5, 5.41) is 0.915. The molecule has 7 heteroatoms. The fourth-order valence-corrected chi connectivity index (χ4v) is 4.17. The van der Waals surface area contributed by atoms with Crippen molar-refractivity contribution < 1.29 is 14.4 Å². The smallest absolute Gasteiger partial charge is 0.233 e. The Morgan fingerprint density at radius 3 is 2.31 bits per heavy atom. The van der Waals surface area contributed by atoms with Gasteiger partial charge >= 0.3 is 0 Å². The van der Waals surface area contributed by atoms with Crippen LogP contribution in [0.15, 0.2) is 18.2 Å². The third kappa shape index (κ3) is 3.89. The molecule has 1 aliphatic carbocycles. The van der Waals surface area contributed by atoms with Crippen LogP contribution in [0, 0.1) is 11.8 Å². The molecule has 26 heavy (non-hydrogen) atoms. The first-order valence-corrected chi connectivity index (χ1v) is 9.67. The molecular weight excluding hydrogens is 375 g/mol. The van der Waals surface area contributed by atoms with Gasteiger partial charge in [-0.15, -0.1) is 0 Å². The SMILES string of the molecule is CN(Cc1ccc(Cl)c(Cl)c1)C(=O)CCN1C(=O)[C@@H]2CCCC[C@H]2C1=O. The summed E-state index contributed by atoms with van der Waals surface area (Å²) in [5.41, 5.74) is 0.870. The van der Waals surface area contributed by atoms with Crippen LogP contribution in [0.2, 0.25) is 10.0 Å². The first kappa shape index (κ1) is 19.2. The van der Waals surface area contributed by atoms with Gasteiger partial charge in [0.15, 0.2) is 0 Å². The molecule has 1 aromatic rings. The second-order valence-corrected chi connectivity index (χ2v) is 7.89. The molecule has 3 rings (SSSR count). The van der Waals surface area contributed by atoms with E-state index < -0.39 is 0 Å². The van der Waals surface area contributed by atoms with E-state index in [1.54, 1.807) is 24.1 Å². The summed E-state index contributed by atoms with van der Waals surface area (Å²) in [5.74, 6) is -0.647. The molecule has 1 aliphatic heterocycles. The Kier molecular flexibility index (Phi) is 5.88. The van der Waals surface area contributed by atoms with Gasteiger partial charge in [-0.2, -0.15) is 0 Å². The van der Waals surface area contributed by atoms with Gasteiger partial charge in [0.2, 0.25) is 17.7 Å². The standard InChI is InChI=1S/C19H22Cl2N2O3/c1-22(11-12-6-7-15(20)16(21)10-12)17(24)8-9-23-18(25)13-4-2-3-5-14(13)19(23)26/h6-7,10,13-14H,2-5,8-9,11H2,1H3/t13-,14-/m1/s1. The zero-order valence-corrected chi connectivity index (χ0v) is 16.2. The van der Waals surface area contributed by atoms with Crippen molar-refractivity contribution in [2.75, 3.05) is 13.6 Å². The minimum absolute atomic E-state index is 0.0976. The number of fused-ring (bicyclic) bond motifs is 1. The molecule has 0 unspecified atom stereocenters. The second-order valence-electron chi connectivity index (χ2n) is 7.07. The lowest BCUT2D eigenvalue weighted by atomic mass is 9.81. The molecule has 1 saturated heterocycles. The zero-order chi connectivity index (χ0) is 18.8. The molecule has 1 heterocycles. The van der Waals surface area contributed by atoms with Gasteiger partial charge in [0.05, 0.1) is 21.9 Å². The van der Waals surface area contributed by atoms with Crippen LogP contribution in [0.25, 0.3) is 0 Å². The summed E-state index contributed by atoms with van der Waals surface area (Å²) in [6, 6.07) is 5.24. The van der Waals surface area contributed by atoms with Gasteiger partial charge in [-0.3, -0.25) is 19.3 Å². The number of amides is 3. The van der Waals surface area contributed by atoms with Gasteiger partial charge < -0.3 is 4.90 Å². The topological polar surface area (TPSA) is 57.7 Å². The average Bonchev–Trinajstić information content (AvgIpc) is 2.87. The van der Waals surface area contributed by atoms with Crippen LogP contribution in [0.3, 0.4) is 0 Å². The lowest BCUT2D eigenvalue weighted by Gasteiger charge is -2.20. The summed E-state index contributed by atoms with van der Waals surface area (Å²) >= 11 is 11.9. The maximum absolute atomic E-state index is 12.4. The highest BCUT2D eigenvalue weighted by atomic mass is 35.5. The fourth-order valence-electron chi connectivity index (χ4n) is 3.85. The number of hydrogen-bond acceptors (Lipinski definition) is 3. The van der Waals surface area contributed by atoms with Gasteiger partial charge in [0.1, 0.15) is 0 Å². The van der Waals surface area contributed by atoms with E-state index in [9.17, 15) is 14.4 Å². The largest absolute Gasteiger partial charge is 0.341 e. The van der Waals surface area contributed by atoms with Crippen LogP contribution in [0.1, 0.15) is 37.7 Å². The minimum Gasteiger partial charge on any atom is -0.341 e. The van der Waals surface area contributed by atoms with Gasteiger partial charge in [-0.05, 0) is 30.5 Å². The predicted molar refractivity (Wildman–Crippen MR) is 99.7 cm³/mol. The Morgan fingerprint density at radius 1 is 1.12 bits per heavy atom. The number of nitrogens with zero attached hydrogens (tertiary/aromatic N) is 2. The van der Waals surface area contributed by atoms with Crippen molar-refractivity contribution in [1.82, 2.24) is 9.80 Å². The second kappa shape index (κ2) is 7.97. The van der Waals surface area contributed by atoms with Crippen molar-refractivity contribution in [2.24, 2.45) is 11.8 Å². The quantitative estimate of drug-likeness (QED) is 0.715. The number of halogens is 2. The van der Waals surface area contributed by atoms with Crippen LogP contribution < -0.4 is 0 Å². The van der Waals surface area contributed by atoms with Gasteiger partial charge in [-0.25, -0.2) is 0 Å². The molecule has 140 valence electrons. The van der Waals surface area contributed by atoms with Crippen LogP contribution in [-0.2, 0) is 20.9 Å². The Hall–Kier alpha value is -1.59. The molecule has 2 fully saturated rings. The van der Waals surface area contributed by atoms with E-state index in [-0.39, 0.29) is 42.5 Å². The van der Waals surface area contributed by atoms with Crippen molar-refractivity contribution in [1.29, 1.82) is 0 Å². The van der Waals surface area contributed by atoms with Crippen molar-refractivity contribution in [3.63, 3.8) is 0 Å². The number of carbonyl (C=O) groups is 3. The summed E-state index contributed by atoms with van der Waals surface area (Å²) in [6.45, 7) is 0.554. The van der Waals surface area contributed by atoms with Crippen molar-refractivity contribution in [2.45, 2.75) is 38.6 Å². The van der Waals surface area contributed by atoms with E-state index >= 15 is 0 Å². The highest BCUT2D eigenvalue weighted by Crippen LogP contribution is 2.38. The van der Waals surface area contributed by atoms with Crippen molar-refractivity contribution >= 4 is 40.9 Å². The van der Waals surface area contributed by atoms with Gasteiger partial charge in [0, 0.05) is 26.6 Å². The Balaban J connectivity index is 1.55. The third-order valence-electron chi connectivity index (χ3n) is 5.31.